The van der Waals surface area contributed by atoms with E-state index in [1.807, 2.05) is 38.1 Å². The number of hydrogen-bond acceptors (Lipinski definition) is 4. The van der Waals surface area contributed by atoms with E-state index in [9.17, 15) is 9.59 Å². The topological polar surface area (TPSA) is 79.2 Å². The van der Waals surface area contributed by atoms with Crippen molar-refractivity contribution in [2.45, 2.75) is 20.4 Å². The van der Waals surface area contributed by atoms with Gasteiger partial charge in [0.1, 0.15) is 0 Å². The Hall–Kier alpha value is -3.13. The van der Waals surface area contributed by atoms with Gasteiger partial charge in [0.15, 0.2) is 6.61 Å². The molecule has 1 N–H and O–H groups in total. The van der Waals surface area contributed by atoms with Gasteiger partial charge >= 0.3 is 5.97 Å². The molecule has 0 radical (unpaired) electrons. The molecule has 0 heterocycles. The van der Waals surface area contributed by atoms with E-state index in [0.717, 1.165) is 11.1 Å². The molecule has 0 aliphatic rings. The zero-order valence-corrected chi connectivity index (χ0v) is 13.6. The molecule has 2 aromatic carbocycles. The van der Waals surface area contributed by atoms with Crippen LogP contribution in [0.1, 0.15) is 32.6 Å². The zero-order chi connectivity index (χ0) is 17.5. The first kappa shape index (κ1) is 17.2. The van der Waals surface area contributed by atoms with Crippen molar-refractivity contribution >= 4 is 11.9 Å². The highest BCUT2D eigenvalue weighted by atomic mass is 16.5. The van der Waals surface area contributed by atoms with Gasteiger partial charge in [-0.1, -0.05) is 24.3 Å². The number of rotatable bonds is 5. The van der Waals surface area contributed by atoms with Crippen LogP contribution in [0.4, 0.5) is 0 Å². The smallest absolute Gasteiger partial charge is 0.338 e. The van der Waals surface area contributed by atoms with Gasteiger partial charge in [0, 0.05) is 6.54 Å². The van der Waals surface area contributed by atoms with Gasteiger partial charge in [-0.3, -0.25) is 4.79 Å². The minimum absolute atomic E-state index is 0.246. The van der Waals surface area contributed by atoms with Crippen LogP contribution in [-0.4, -0.2) is 18.5 Å². The fraction of sp³-hybridized carbons (Fsp3) is 0.211. The molecular formula is C19H18N2O3. The van der Waals surface area contributed by atoms with E-state index in [1.54, 1.807) is 12.1 Å². The Morgan fingerprint density at radius 1 is 1.12 bits per heavy atom. The van der Waals surface area contributed by atoms with Crippen LogP contribution in [0, 0.1) is 25.2 Å². The molecule has 2 rings (SSSR count). The summed E-state index contributed by atoms with van der Waals surface area (Å²) in [6, 6.07) is 14.0. The van der Waals surface area contributed by atoms with Crippen molar-refractivity contribution in [1.29, 1.82) is 5.26 Å². The number of nitrogens with one attached hydrogen (secondary N) is 1. The lowest BCUT2D eigenvalue weighted by Gasteiger charge is -2.08. The highest BCUT2D eigenvalue weighted by Crippen LogP contribution is 2.09. The molecule has 0 saturated carbocycles. The summed E-state index contributed by atoms with van der Waals surface area (Å²) in [6.07, 6.45) is 0. The Balaban J connectivity index is 1.83. The summed E-state index contributed by atoms with van der Waals surface area (Å²) in [4.78, 5) is 23.6. The summed E-state index contributed by atoms with van der Waals surface area (Å²) >= 11 is 0. The third-order valence-electron chi connectivity index (χ3n) is 3.62. The molecule has 0 bridgehead atoms. The molecule has 0 aromatic heterocycles. The molecule has 2 aromatic rings. The summed E-state index contributed by atoms with van der Waals surface area (Å²) < 4.78 is 4.96. The first-order valence-electron chi connectivity index (χ1n) is 7.49. The lowest BCUT2D eigenvalue weighted by molar-refractivity contribution is -0.124. The fourth-order valence-corrected chi connectivity index (χ4v) is 2.10. The van der Waals surface area contributed by atoms with E-state index in [0.29, 0.717) is 12.1 Å². The highest BCUT2D eigenvalue weighted by molar-refractivity contribution is 5.91. The van der Waals surface area contributed by atoms with Crippen LogP contribution in [0.3, 0.4) is 0 Å². The number of benzene rings is 2. The predicted octanol–water partition coefficient (Wildman–Crippen LogP) is 2.65. The normalized spacial score (nSPS) is 9.88. The minimum atomic E-state index is -0.631. The first-order chi connectivity index (χ1) is 11.5. The van der Waals surface area contributed by atoms with E-state index in [1.165, 1.54) is 17.7 Å². The largest absolute Gasteiger partial charge is 0.452 e. The molecule has 5 heteroatoms. The molecule has 1 amide bonds. The first-order valence-corrected chi connectivity index (χ1v) is 7.49. The second-order valence-electron chi connectivity index (χ2n) is 5.46. The monoisotopic (exact) mass is 322 g/mol. The maximum absolute atomic E-state index is 11.9. The third kappa shape index (κ3) is 4.68. The number of ether oxygens (including phenoxy) is 1. The number of hydrogen-bond donors (Lipinski definition) is 1. The van der Waals surface area contributed by atoms with Gasteiger partial charge in [0.25, 0.3) is 5.91 Å². The highest BCUT2D eigenvalue weighted by Gasteiger charge is 2.10. The second-order valence-corrected chi connectivity index (χ2v) is 5.46. The maximum Gasteiger partial charge on any atom is 0.338 e. The van der Waals surface area contributed by atoms with Crippen molar-refractivity contribution in [3.05, 3.63) is 70.3 Å². The average Bonchev–Trinajstić information content (AvgIpc) is 2.60. The summed E-state index contributed by atoms with van der Waals surface area (Å²) in [5, 5.41) is 11.5. The molecule has 0 aliphatic heterocycles. The molecular weight excluding hydrogens is 304 g/mol. The predicted molar refractivity (Wildman–Crippen MR) is 89.2 cm³/mol. The van der Waals surface area contributed by atoms with Crippen LogP contribution >= 0.6 is 0 Å². The number of esters is 1. The number of nitrogens with zero attached hydrogens (tertiary/aromatic N) is 1. The van der Waals surface area contributed by atoms with Crippen LogP contribution in [0.5, 0.6) is 0 Å². The van der Waals surface area contributed by atoms with Crippen LogP contribution in [-0.2, 0) is 16.1 Å². The van der Waals surface area contributed by atoms with Crippen LogP contribution in [0.25, 0.3) is 0 Å². The Bertz CT molecular complexity index is 806. The van der Waals surface area contributed by atoms with Gasteiger partial charge in [0.05, 0.1) is 17.2 Å². The minimum Gasteiger partial charge on any atom is -0.452 e. The molecule has 122 valence electrons. The van der Waals surface area contributed by atoms with Crippen molar-refractivity contribution in [1.82, 2.24) is 5.32 Å². The third-order valence-corrected chi connectivity index (χ3v) is 3.62. The molecule has 0 saturated heterocycles. The molecule has 24 heavy (non-hydrogen) atoms. The van der Waals surface area contributed by atoms with Gasteiger partial charge in [0.2, 0.25) is 0 Å². The Labute approximate surface area is 140 Å². The number of amides is 1. The lowest BCUT2D eigenvalue weighted by Crippen LogP contribution is -2.28. The Morgan fingerprint density at radius 2 is 1.92 bits per heavy atom. The van der Waals surface area contributed by atoms with Crippen LogP contribution in [0.15, 0.2) is 42.5 Å². The Kier molecular flexibility index (Phi) is 5.69. The van der Waals surface area contributed by atoms with E-state index >= 15 is 0 Å². The SMILES string of the molecule is Cc1ccc(CNC(=O)COC(=O)c2cccc(C#N)c2)cc1C. The van der Waals surface area contributed by atoms with Crippen molar-refractivity contribution in [3.8, 4) is 6.07 Å². The van der Waals surface area contributed by atoms with E-state index in [-0.39, 0.29) is 18.1 Å². The van der Waals surface area contributed by atoms with Crippen LogP contribution in [0.2, 0.25) is 0 Å². The van der Waals surface area contributed by atoms with E-state index < -0.39 is 5.97 Å². The molecule has 0 aliphatic carbocycles. The van der Waals surface area contributed by atoms with E-state index in [4.69, 9.17) is 10.00 Å². The zero-order valence-electron chi connectivity index (χ0n) is 13.6. The summed E-state index contributed by atoms with van der Waals surface area (Å²) in [7, 11) is 0. The molecule has 5 nitrogen and oxygen atoms in total. The number of aryl methyl sites for hydroxylation is 2. The number of carbonyl (C=O) groups is 2. The van der Waals surface area contributed by atoms with E-state index in [2.05, 4.69) is 5.32 Å². The Morgan fingerprint density at radius 3 is 2.62 bits per heavy atom. The maximum atomic E-state index is 11.9. The number of nitriles is 1. The van der Waals surface area contributed by atoms with Gasteiger partial charge in [-0.15, -0.1) is 0 Å². The second kappa shape index (κ2) is 7.93. The summed E-state index contributed by atoms with van der Waals surface area (Å²) in [6.45, 7) is 4.05. The van der Waals surface area contributed by atoms with Gasteiger partial charge < -0.3 is 10.1 Å². The standard InChI is InChI=1S/C19H18N2O3/c1-13-6-7-16(8-14(13)2)11-21-18(22)12-24-19(23)17-5-3-4-15(9-17)10-20/h3-9H,11-12H2,1-2H3,(H,21,22). The quantitative estimate of drug-likeness (QED) is 0.858. The summed E-state index contributed by atoms with van der Waals surface area (Å²) in [5.41, 5.74) is 3.95. The molecule has 0 fully saturated rings. The molecule has 0 atom stereocenters. The molecule has 0 spiro atoms. The van der Waals surface area contributed by atoms with Crippen molar-refractivity contribution in [3.63, 3.8) is 0 Å². The van der Waals surface area contributed by atoms with Crippen molar-refractivity contribution in [2.24, 2.45) is 0 Å². The van der Waals surface area contributed by atoms with Crippen LogP contribution < -0.4 is 5.32 Å². The van der Waals surface area contributed by atoms with Crippen molar-refractivity contribution < 1.29 is 14.3 Å². The summed E-state index contributed by atoms with van der Waals surface area (Å²) in [5.74, 6) is -1.01. The average molecular weight is 322 g/mol. The fourth-order valence-electron chi connectivity index (χ4n) is 2.10. The van der Waals surface area contributed by atoms with Gasteiger partial charge in [-0.05, 0) is 48.7 Å². The molecule has 0 unspecified atom stereocenters. The van der Waals surface area contributed by atoms with Crippen molar-refractivity contribution in [2.75, 3.05) is 6.61 Å². The lowest BCUT2D eigenvalue weighted by atomic mass is 10.1. The number of carbonyl (C=O) groups excluding carboxylic acids is 2. The van der Waals surface area contributed by atoms with Gasteiger partial charge in [-0.25, -0.2) is 4.79 Å². The van der Waals surface area contributed by atoms with Gasteiger partial charge in [-0.2, -0.15) is 5.26 Å².